The minimum absolute atomic E-state index is 0.502. The lowest BCUT2D eigenvalue weighted by atomic mass is 9.93. The molecule has 1 radical (unpaired) electrons. The van der Waals surface area contributed by atoms with Crippen LogP contribution in [0.25, 0.3) is 0 Å². The maximum Gasteiger partial charge on any atom is 0.294 e. The van der Waals surface area contributed by atoms with Crippen LogP contribution >= 0.6 is 0 Å². The molecule has 1 rings (SSSR count). The molecule has 0 aliphatic carbocycles. The van der Waals surface area contributed by atoms with Crippen molar-refractivity contribution in [2.45, 2.75) is 64.1 Å². The van der Waals surface area contributed by atoms with E-state index in [-0.39, 0.29) is 0 Å². The quantitative estimate of drug-likeness (QED) is 0.537. The molecule has 0 aromatic carbocycles. The second-order valence-electron chi connectivity index (χ2n) is 5.47. The van der Waals surface area contributed by atoms with Crippen LogP contribution in [0.15, 0.2) is 0 Å². The van der Waals surface area contributed by atoms with Crippen LogP contribution in [0.5, 0.6) is 0 Å². The Bertz CT molecular complexity index is 278. The molecule has 1 saturated heterocycles. The molecule has 1 atom stereocenters. The highest BCUT2D eigenvalue weighted by molar-refractivity contribution is 4.95. The Balaban J connectivity index is 2.93. The number of hydrogen-bond donors (Lipinski definition) is 0. The van der Waals surface area contributed by atoms with E-state index >= 15 is 0 Å². The van der Waals surface area contributed by atoms with Crippen molar-refractivity contribution in [2.75, 3.05) is 0 Å². The predicted molar refractivity (Wildman–Crippen MR) is 56.4 cm³/mol. The van der Waals surface area contributed by atoms with E-state index in [1.807, 2.05) is 13.8 Å². The molecule has 6 nitrogen and oxygen atoms in total. The highest BCUT2D eigenvalue weighted by atomic mass is 17.0. The van der Waals surface area contributed by atoms with Crippen molar-refractivity contribution in [2.24, 2.45) is 0 Å². The second kappa shape index (κ2) is 4.18. The predicted octanol–water partition coefficient (Wildman–Crippen LogP) is 1.95. The van der Waals surface area contributed by atoms with Gasteiger partial charge in [0, 0.05) is 5.54 Å². The van der Waals surface area contributed by atoms with E-state index in [0.29, 0.717) is 6.42 Å². The van der Waals surface area contributed by atoms with Crippen LogP contribution < -0.4 is 0 Å². The molecule has 6 heteroatoms. The Morgan fingerprint density at radius 1 is 1.38 bits per heavy atom. The van der Waals surface area contributed by atoms with Crippen LogP contribution in [-0.2, 0) is 10.0 Å². The zero-order chi connectivity index (χ0) is 12.6. The molecule has 1 heterocycles. The van der Waals surface area contributed by atoms with Crippen LogP contribution in [-0.4, -0.2) is 27.3 Å². The Kier molecular flexibility index (Phi) is 3.44. The molecule has 0 spiro atoms. The van der Waals surface area contributed by atoms with Crippen LogP contribution in [0.4, 0.5) is 0 Å². The summed E-state index contributed by atoms with van der Waals surface area (Å²) in [6, 6.07) is 0. The maximum atomic E-state index is 12.2. The second-order valence-corrected chi connectivity index (χ2v) is 5.47. The molecule has 16 heavy (non-hydrogen) atoms. The molecule has 1 aliphatic rings. The van der Waals surface area contributed by atoms with Gasteiger partial charge in [-0.1, -0.05) is 0 Å². The molecule has 93 valence electrons. The van der Waals surface area contributed by atoms with E-state index in [2.05, 4.69) is 4.84 Å². The van der Waals surface area contributed by atoms with Crippen molar-refractivity contribution in [1.82, 2.24) is 5.06 Å². The molecule has 1 unspecified atom stereocenters. The zero-order valence-corrected chi connectivity index (χ0v) is 10.2. The molecule has 0 bridgehead atoms. The zero-order valence-electron chi connectivity index (χ0n) is 10.2. The molecular weight excluding hydrogens is 212 g/mol. The monoisotopic (exact) mass is 231 g/mol. The first-order valence-corrected chi connectivity index (χ1v) is 5.46. The van der Waals surface area contributed by atoms with Gasteiger partial charge in [-0.2, -0.15) is 0 Å². The summed E-state index contributed by atoms with van der Waals surface area (Å²) in [7, 11) is 0. The summed E-state index contributed by atoms with van der Waals surface area (Å²) in [6.07, 6.45) is 1.35. The van der Waals surface area contributed by atoms with Crippen molar-refractivity contribution in [3.8, 4) is 0 Å². The minimum atomic E-state index is -0.882. The van der Waals surface area contributed by atoms with Crippen LogP contribution in [0.2, 0.25) is 0 Å². The Hall–Kier alpha value is -0.880. The molecular formula is C10H19N2O4. The Labute approximate surface area is 95.2 Å². The van der Waals surface area contributed by atoms with Gasteiger partial charge in [0.25, 0.3) is 5.09 Å². The van der Waals surface area contributed by atoms with Gasteiger partial charge < -0.3 is 4.84 Å². The molecule has 0 saturated carbocycles. The van der Waals surface area contributed by atoms with E-state index in [0.717, 1.165) is 17.9 Å². The normalized spacial score (nSPS) is 29.4. The van der Waals surface area contributed by atoms with E-state index < -0.39 is 22.3 Å². The average molecular weight is 231 g/mol. The van der Waals surface area contributed by atoms with Gasteiger partial charge in [0.2, 0.25) is 0 Å². The van der Waals surface area contributed by atoms with Crippen LogP contribution in [0.1, 0.15) is 47.0 Å². The summed E-state index contributed by atoms with van der Waals surface area (Å²) in [5.74, 6) is 0. The first-order valence-electron chi connectivity index (χ1n) is 5.46. The summed E-state index contributed by atoms with van der Waals surface area (Å²) in [6.45, 7) is 7.11. The first kappa shape index (κ1) is 13.2. The van der Waals surface area contributed by atoms with Gasteiger partial charge in [0.1, 0.15) is 6.10 Å². The van der Waals surface area contributed by atoms with Crippen molar-refractivity contribution in [3.05, 3.63) is 10.1 Å². The van der Waals surface area contributed by atoms with E-state index in [1.54, 1.807) is 13.8 Å². The third-order valence-corrected chi connectivity index (χ3v) is 3.33. The maximum absolute atomic E-state index is 12.2. The van der Waals surface area contributed by atoms with Gasteiger partial charge in [0.05, 0.1) is 5.54 Å². The lowest BCUT2D eigenvalue weighted by Crippen LogP contribution is -2.57. The first-order chi connectivity index (χ1) is 7.18. The summed E-state index contributed by atoms with van der Waals surface area (Å²) in [5.41, 5.74) is -1.38. The fourth-order valence-electron chi connectivity index (χ4n) is 2.37. The summed E-state index contributed by atoms with van der Waals surface area (Å²) in [5, 5.41) is 22.7. The van der Waals surface area contributed by atoms with Gasteiger partial charge in [-0.25, -0.2) is 0 Å². The molecule has 1 aliphatic heterocycles. The molecule has 0 aromatic rings. The van der Waals surface area contributed by atoms with Gasteiger partial charge >= 0.3 is 0 Å². The van der Waals surface area contributed by atoms with Gasteiger partial charge in [0.15, 0.2) is 0 Å². The van der Waals surface area contributed by atoms with E-state index in [4.69, 9.17) is 0 Å². The fourth-order valence-corrected chi connectivity index (χ4v) is 2.37. The average Bonchev–Trinajstić information content (AvgIpc) is 2.19. The topological polar surface area (TPSA) is 75.5 Å². The smallest absolute Gasteiger partial charge is 0.294 e. The van der Waals surface area contributed by atoms with Gasteiger partial charge in [-0.05, 0) is 47.0 Å². The van der Waals surface area contributed by atoms with Crippen molar-refractivity contribution in [1.29, 1.82) is 0 Å². The van der Waals surface area contributed by atoms with Gasteiger partial charge in [-0.3, -0.25) is 0 Å². The summed E-state index contributed by atoms with van der Waals surface area (Å²) >= 11 is 0. The Morgan fingerprint density at radius 2 is 1.94 bits per heavy atom. The molecule has 1 fully saturated rings. The lowest BCUT2D eigenvalue weighted by Gasteiger charge is -2.42. The molecule has 0 amide bonds. The summed E-state index contributed by atoms with van der Waals surface area (Å²) in [4.78, 5) is 15.0. The van der Waals surface area contributed by atoms with Crippen molar-refractivity contribution >= 4 is 0 Å². The van der Waals surface area contributed by atoms with E-state index in [9.17, 15) is 15.3 Å². The van der Waals surface area contributed by atoms with E-state index in [1.165, 1.54) is 0 Å². The number of hydrogen-bond acceptors (Lipinski definition) is 4. The largest absolute Gasteiger partial charge is 0.309 e. The Morgan fingerprint density at radius 3 is 2.44 bits per heavy atom. The standard InChI is InChI=1S/C10H19N2O4/c1-9(2)7-5-6-8(16-12(14)15)10(3,4)11(9)13/h8H,5-7H2,1-4H3. The molecule has 0 aromatic heterocycles. The molecule has 0 N–H and O–H groups in total. The minimum Gasteiger partial charge on any atom is -0.309 e. The third-order valence-electron chi connectivity index (χ3n) is 3.33. The van der Waals surface area contributed by atoms with Crippen LogP contribution in [0.3, 0.4) is 0 Å². The fraction of sp³-hybridized carbons (Fsp3) is 1.00. The van der Waals surface area contributed by atoms with Crippen molar-refractivity contribution in [3.63, 3.8) is 0 Å². The summed E-state index contributed by atoms with van der Waals surface area (Å²) < 4.78 is 0. The van der Waals surface area contributed by atoms with Crippen molar-refractivity contribution < 1.29 is 15.1 Å². The highest BCUT2D eigenvalue weighted by Crippen LogP contribution is 2.36. The number of rotatable bonds is 2. The van der Waals surface area contributed by atoms with Crippen LogP contribution in [0, 0.1) is 10.1 Å². The highest BCUT2D eigenvalue weighted by Gasteiger charge is 2.47. The number of hydroxylamine groups is 2. The van der Waals surface area contributed by atoms with Gasteiger partial charge in [-0.15, -0.1) is 20.4 Å². The number of nitrogens with zero attached hydrogens (tertiary/aromatic N) is 2. The lowest BCUT2D eigenvalue weighted by molar-refractivity contribution is -0.772. The third kappa shape index (κ3) is 2.44. The SMILES string of the molecule is CC1(C)CCCC(O[N+](=O)[O-])C(C)(C)N1[O].